The van der Waals surface area contributed by atoms with E-state index in [1.807, 2.05) is 21.9 Å². The van der Waals surface area contributed by atoms with Crippen LogP contribution >= 0.6 is 0 Å². The molecule has 1 aliphatic rings. The highest BCUT2D eigenvalue weighted by molar-refractivity contribution is 7.91. The van der Waals surface area contributed by atoms with Crippen LogP contribution in [0.15, 0.2) is 42.7 Å². The van der Waals surface area contributed by atoms with Crippen molar-refractivity contribution in [3.05, 3.63) is 48.5 Å². The number of hydrogen-bond acceptors (Lipinski definition) is 9. The van der Waals surface area contributed by atoms with Gasteiger partial charge in [-0.1, -0.05) is 39.3 Å². The van der Waals surface area contributed by atoms with E-state index in [4.69, 9.17) is 19.6 Å². The van der Waals surface area contributed by atoms with Gasteiger partial charge in [-0.15, -0.1) is 0 Å². The van der Waals surface area contributed by atoms with Gasteiger partial charge in [-0.25, -0.2) is 17.8 Å². The molecule has 3 aromatic heterocycles. The van der Waals surface area contributed by atoms with Crippen LogP contribution in [-0.2, 0) is 19.3 Å². The molecule has 0 N–H and O–H groups in total. The van der Waals surface area contributed by atoms with E-state index < -0.39 is 26.0 Å². The first-order valence-corrected chi connectivity index (χ1v) is 24.7. The molecule has 0 amide bonds. The lowest BCUT2D eigenvalue weighted by atomic mass is 10.1. The number of halogens is 1. The average molecular weight is 673 g/mol. The van der Waals surface area contributed by atoms with Crippen LogP contribution in [0.5, 0.6) is 0 Å². The van der Waals surface area contributed by atoms with Crippen molar-refractivity contribution >= 4 is 54.2 Å². The van der Waals surface area contributed by atoms with Crippen molar-refractivity contribution < 1.29 is 22.3 Å². The van der Waals surface area contributed by atoms with Gasteiger partial charge in [0.2, 0.25) is 0 Å². The fraction of sp³-hybridized carbons (Fsp3) is 0.516. The van der Waals surface area contributed by atoms with Crippen LogP contribution in [0.2, 0.25) is 51.4 Å². The van der Waals surface area contributed by atoms with Crippen LogP contribution in [0.25, 0.3) is 27.7 Å². The quantitative estimate of drug-likeness (QED) is 0.0999. The van der Waals surface area contributed by atoms with Crippen molar-refractivity contribution in [2.75, 3.05) is 61.1 Å². The fourth-order valence-corrected chi connectivity index (χ4v) is 7.71. The van der Waals surface area contributed by atoms with E-state index in [1.54, 1.807) is 23.0 Å². The summed E-state index contributed by atoms with van der Waals surface area (Å²) in [5.41, 5.74) is 2.77. The molecular weight excluding hydrogens is 628 g/mol. The molecule has 1 aliphatic heterocycles. The predicted octanol–water partition coefficient (Wildman–Crippen LogP) is 5.75. The van der Waals surface area contributed by atoms with Crippen molar-refractivity contribution in [3.8, 4) is 11.1 Å². The third-order valence-electron chi connectivity index (χ3n) is 7.87. The standard InChI is InChI=1S/C31H45FN6O4SSi2/c1-44(2,3)15-11-41-22-37(23-42-12-16-45(4,5)6)30-19-29(36-9-13-43(39,40)14-10-36)35-31-27(21-34-38(30)31)25-17-24-18-26(32)7-8-28(24)33-20-25/h7-8,17-21H,9-16,22-23H2,1-6H3. The third-order valence-corrected chi connectivity index (χ3v) is 12.9. The fourth-order valence-electron chi connectivity index (χ4n) is 4.99. The molecule has 45 heavy (non-hydrogen) atoms. The molecule has 0 saturated carbocycles. The second-order valence-electron chi connectivity index (χ2n) is 14.2. The summed E-state index contributed by atoms with van der Waals surface area (Å²) in [5.74, 6) is 1.21. The summed E-state index contributed by atoms with van der Waals surface area (Å²) in [6, 6.07) is 10.4. The van der Waals surface area contributed by atoms with Crippen molar-refractivity contribution in [1.29, 1.82) is 0 Å². The Hall–Kier alpha value is -2.92. The van der Waals surface area contributed by atoms with Gasteiger partial charge in [0.15, 0.2) is 15.5 Å². The zero-order valence-electron chi connectivity index (χ0n) is 27.2. The molecule has 4 heterocycles. The van der Waals surface area contributed by atoms with Gasteiger partial charge in [0, 0.05) is 71.2 Å². The Morgan fingerprint density at radius 2 is 1.56 bits per heavy atom. The van der Waals surface area contributed by atoms with Crippen molar-refractivity contribution in [3.63, 3.8) is 0 Å². The summed E-state index contributed by atoms with van der Waals surface area (Å²) >= 11 is 0. The first-order valence-electron chi connectivity index (χ1n) is 15.5. The molecule has 0 unspecified atom stereocenters. The lowest BCUT2D eigenvalue weighted by Crippen LogP contribution is -2.41. The minimum absolute atomic E-state index is 0.0742. The van der Waals surface area contributed by atoms with E-state index in [-0.39, 0.29) is 17.3 Å². The monoisotopic (exact) mass is 672 g/mol. The van der Waals surface area contributed by atoms with Crippen molar-refractivity contribution in [2.45, 2.75) is 51.4 Å². The minimum atomic E-state index is -3.08. The van der Waals surface area contributed by atoms with E-state index in [0.717, 1.165) is 29.0 Å². The average Bonchev–Trinajstić information content (AvgIpc) is 3.38. The number of aromatic nitrogens is 4. The zero-order chi connectivity index (χ0) is 32.4. The summed E-state index contributed by atoms with van der Waals surface area (Å²) in [6.45, 7) is 16.6. The molecule has 10 nitrogen and oxygen atoms in total. The van der Waals surface area contributed by atoms with Crippen LogP contribution in [-0.4, -0.2) is 95.4 Å². The molecule has 1 saturated heterocycles. The molecule has 1 aromatic carbocycles. The van der Waals surface area contributed by atoms with Gasteiger partial charge < -0.3 is 19.3 Å². The van der Waals surface area contributed by atoms with Crippen LogP contribution in [0.1, 0.15) is 0 Å². The Morgan fingerprint density at radius 1 is 0.911 bits per heavy atom. The zero-order valence-corrected chi connectivity index (χ0v) is 30.0. The van der Waals surface area contributed by atoms with E-state index in [0.29, 0.717) is 62.1 Å². The maximum absolute atomic E-state index is 14.1. The summed E-state index contributed by atoms with van der Waals surface area (Å²) < 4.78 is 52.8. The van der Waals surface area contributed by atoms with Crippen molar-refractivity contribution in [1.82, 2.24) is 19.6 Å². The molecule has 0 spiro atoms. The topological polar surface area (TPSA) is 102 Å². The second-order valence-corrected chi connectivity index (χ2v) is 27.7. The number of pyridine rings is 1. The van der Waals surface area contributed by atoms with Gasteiger partial charge in [0.1, 0.15) is 30.9 Å². The highest BCUT2D eigenvalue weighted by Crippen LogP contribution is 2.31. The minimum Gasteiger partial charge on any atom is -0.361 e. The lowest BCUT2D eigenvalue weighted by molar-refractivity contribution is 0.0942. The molecule has 4 aromatic rings. The summed E-state index contributed by atoms with van der Waals surface area (Å²) in [5, 5.41) is 5.44. The highest BCUT2D eigenvalue weighted by atomic mass is 32.2. The number of ether oxygens (including phenoxy) is 2. The Bertz CT molecular complexity index is 1720. The Morgan fingerprint density at radius 3 is 2.18 bits per heavy atom. The largest absolute Gasteiger partial charge is 0.361 e. The summed E-state index contributed by atoms with van der Waals surface area (Å²) in [7, 11) is -5.66. The molecule has 0 aliphatic carbocycles. The molecule has 0 bridgehead atoms. The molecule has 1 fully saturated rings. The number of anilines is 2. The van der Waals surface area contributed by atoms with Gasteiger partial charge in [-0.3, -0.25) is 4.98 Å². The van der Waals surface area contributed by atoms with E-state index in [9.17, 15) is 12.8 Å². The smallest absolute Gasteiger partial charge is 0.167 e. The molecule has 14 heteroatoms. The number of benzene rings is 1. The molecule has 0 radical (unpaired) electrons. The molecule has 5 rings (SSSR count). The number of fused-ring (bicyclic) bond motifs is 2. The van der Waals surface area contributed by atoms with Gasteiger partial charge in [-0.05, 0) is 36.4 Å². The van der Waals surface area contributed by atoms with Crippen LogP contribution in [0, 0.1) is 5.82 Å². The third kappa shape index (κ3) is 8.88. The SMILES string of the molecule is C[Si](C)(C)CCOCN(COCC[Si](C)(C)C)c1cc(N2CCS(=O)(=O)CC2)nc2c(-c3cnc4ccc(F)cc4c3)cnn12. The van der Waals surface area contributed by atoms with Crippen LogP contribution in [0.4, 0.5) is 16.0 Å². The van der Waals surface area contributed by atoms with E-state index in [2.05, 4.69) is 44.3 Å². The first kappa shape index (κ1) is 33.4. The Kier molecular flexibility index (Phi) is 9.99. The van der Waals surface area contributed by atoms with Crippen LogP contribution in [0.3, 0.4) is 0 Å². The Labute approximate surface area is 267 Å². The van der Waals surface area contributed by atoms with E-state index >= 15 is 0 Å². The normalized spacial score (nSPS) is 15.7. The number of nitrogens with zero attached hydrogens (tertiary/aromatic N) is 6. The number of hydrogen-bond donors (Lipinski definition) is 0. The summed E-state index contributed by atoms with van der Waals surface area (Å²) in [4.78, 5) is 13.6. The second kappa shape index (κ2) is 13.4. The molecule has 0 atom stereocenters. The van der Waals surface area contributed by atoms with Crippen molar-refractivity contribution in [2.24, 2.45) is 0 Å². The van der Waals surface area contributed by atoms with Crippen LogP contribution < -0.4 is 9.80 Å². The first-order chi connectivity index (χ1) is 21.2. The lowest BCUT2D eigenvalue weighted by Gasteiger charge is -2.30. The van der Waals surface area contributed by atoms with Gasteiger partial charge in [0.05, 0.1) is 23.2 Å². The van der Waals surface area contributed by atoms with E-state index in [1.165, 1.54) is 12.1 Å². The maximum atomic E-state index is 14.1. The van der Waals surface area contributed by atoms with Gasteiger partial charge in [0.25, 0.3) is 0 Å². The molecular formula is C31H45FN6O4SSi2. The maximum Gasteiger partial charge on any atom is 0.167 e. The highest BCUT2D eigenvalue weighted by Gasteiger charge is 2.26. The predicted molar refractivity (Wildman–Crippen MR) is 185 cm³/mol. The molecule has 244 valence electrons. The van der Waals surface area contributed by atoms with Gasteiger partial charge >= 0.3 is 0 Å². The van der Waals surface area contributed by atoms with Gasteiger partial charge in [-0.2, -0.15) is 9.61 Å². The Balaban J connectivity index is 1.56. The number of rotatable bonds is 13. The number of sulfone groups is 1. The summed E-state index contributed by atoms with van der Waals surface area (Å²) in [6.07, 6.45) is 3.49.